The predicted molar refractivity (Wildman–Crippen MR) is 93.2 cm³/mol. The van der Waals surface area contributed by atoms with E-state index in [0.29, 0.717) is 18.7 Å². The van der Waals surface area contributed by atoms with E-state index in [1.165, 1.54) is 0 Å². The van der Waals surface area contributed by atoms with Gasteiger partial charge in [-0.05, 0) is 24.3 Å². The number of amides is 1. The zero-order chi connectivity index (χ0) is 16.2. The number of carbonyl (C=O) groups is 1. The molecule has 1 amide bonds. The van der Waals surface area contributed by atoms with Crippen LogP contribution in [0.5, 0.6) is 0 Å². The van der Waals surface area contributed by atoms with Crippen molar-refractivity contribution >= 4 is 32.9 Å². The molecule has 116 valence electrons. The molecule has 0 aliphatic carbocycles. The Hall–Kier alpha value is -2.47. The second-order valence-corrected chi connectivity index (χ2v) is 6.16. The summed E-state index contributed by atoms with van der Waals surface area (Å²) in [6, 6.07) is 11.2. The van der Waals surface area contributed by atoms with Crippen molar-refractivity contribution in [3.8, 4) is 0 Å². The topological polar surface area (TPSA) is 59.8 Å². The van der Waals surface area contributed by atoms with E-state index >= 15 is 0 Å². The summed E-state index contributed by atoms with van der Waals surface area (Å²) in [4.78, 5) is 20.7. The minimum absolute atomic E-state index is 0.149. The minimum Gasteiger partial charge on any atom is -0.345 e. The van der Waals surface area contributed by atoms with Crippen LogP contribution in [0.1, 0.15) is 16.2 Å². The lowest BCUT2D eigenvalue weighted by Crippen LogP contribution is -2.24. The van der Waals surface area contributed by atoms with Crippen molar-refractivity contribution in [1.82, 2.24) is 19.9 Å². The number of fused-ring (bicyclic) bond motifs is 1. The summed E-state index contributed by atoms with van der Waals surface area (Å²) >= 11 is 3.40. The van der Waals surface area contributed by atoms with Crippen molar-refractivity contribution in [1.29, 1.82) is 0 Å². The summed E-state index contributed by atoms with van der Waals surface area (Å²) in [5.74, 6) is 0.637. The Morgan fingerprint density at radius 2 is 1.96 bits per heavy atom. The minimum atomic E-state index is -0.149. The lowest BCUT2D eigenvalue weighted by atomic mass is 10.2. The quantitative estimate of drug-likeness (QED) is 0.749. The standard InChI is InChI=1S/C17H15BrN4O/c1-12(18)11-22-15-5-3-2-4-14(15)21-16(22)10-20-17(23)13-6-8-19-9-7-13/h2-9H,1,10-11H2,(H,20,23). The van der Waals surface area contributed by atoms with E-state index in [0.717, 1.165) is 21.3 Å². The average molecular weight is 371 g/mol. The highest BCUT2D eigenvalue weighted by molar-refractivity contribution is 9.11. The molecule has 0 saturated carbocycles. The number of pyridine rings is 1. The first-order chi connectivity index (χ1) is 11.1. The van der Waals surface area contributed by atoms with Crippen LogP contribution in [0.25, 0.3) is 11.0 Å². The van der Waals surface area contributed by atoms with Gasteiger partial charge in [-0.2, -0.15) is 0 Å². The van der Waals surface area contributed by atoms with E-state index in [4.69, 9.17) is 0 Å². The van der Waals surface area contributed by atoms with Crippen LogP contribution in [0.2, 0.25) is 0 Å². The van der Waals surface area contributed by atoms with Gasteiger partial charge in [-0.3, -0.25) is 9.78 Å². The monoisotopic (exact) mass is 370 g/mol. The average Bonchev–Trinajstić information content (AvgIpc) is 2.91. The van der Waals surface area contributed by atoms with Gasteiger partial charge >= 0.3 is 0 Å². The highest BCUT2D eigenvalue weighted by atomic mass is 79.9. The summed E-state index contributed by atoms with van der Waals surface area (Å²) in [6.07, 6.45) is 3.19. The first-order valence-corrected chi connectivity index (χ1v) is 7.90. The molecule has 3 aromatic rings. The van der Waals surface area contributed by atoms with Crippen molar-refractivity contribution in [2.75, 3.05) is 0 Å². The first kappa shape index (κ1) is 15.4. The molecule has 23 heavy (non-hydrogen) atoms. The summed E-state index contributed by atoms with van der Waals surface area (Å²) < 4.78 is 2.89. The maximum Gasteiger partial charge on any atom is 0.251 e. The lowest BCUT2D eigenvalue weighted by Gasteiger charge is -2.09. The maximum absolute atomic E-state index is 12.2. The summed E-state index contributed by atoms with van der Waals surface area (Å²) in [6.45, 7) is 4.84. The zero-order valence-electron chi connectivity index (χ0n) is 12.4. The molecule has 0 aliphatic heterocycles. The zero-order valence-corrected chi connectivity index (χ0v) is 14.0. The highest BCUT2D eigenvalue weighted by Gasteiger charge is 2.12. The Balaban J connectivity index is 1.84. The van der Waals surface area contributed by atoms with Gasteiger partial charge in [0.25, 0.3) is 5.91 Å². The van der Waals surface area contributed by atoms with Gasteiger partial charge in [-0.25, -0.2) is 4.98 Å². The summed E-state index contributed by atoms with van der Waals surface area (Å²) in [5, 5.41) is 2.89. The van der Waals surface area contributed by atoms with Crippen molar-refractivity contribution in [3.63, 3.8) is 0 Å². The molecule has 0 unspecified atom stereocenters. The number of aromatic nitrogens is 3. The van der Waals surface area contributed by atoms with Crippen LogP contribution in [0.3, 0.4) is 0 Å². The molecule has 1 aromatic carbocycles. The number of halogens is 1. The van der Waals surface area contributed by atoms with Crippen LogP contribution in [0, 0.1) is 0 Å². The summed E-state index contributed by atoms with van der Waals surface area (Å²) in [5.41, 5.74) is 2.49. The number of benzene rings is 1. The third-order valence-electron chi connectivity index (χ3n) is 3.41. The molecule has 2 heterocycles. The number of allylic oxidation sites excluding steroid dienone is 1. The molecule has 0 aliphatic rings. The van der Waals surface area contributed by atoms with Crippen molar-refractivity contribution in [3.05, 3.63) is 71.2 Å². The molecule has 5 nitrogen and oxygen atoms in total. The first-order valence-electron chi connectivity index (χ1n) is 7.11. The van der Waals surface area contributed by atoms with Gasteiger partial charge in [0.05, 0.1) is 24.1 Å². The molecule has 0 bridgehead atoms. The van der Waals surface area contributed by atoms with E-state index in [1.54, 1.807) is 24.5 Å². The Morgan fingerprint density at radius 1 is 1.22 bits per heavy atom. The van der Waals surface area contributed by atoms with Crippen LogP contribution in [0.4, 0.5) is 0 Å². The number of carbonyl (C=O) groups excluding carboxylic acids is 1. The molecular formula is C17H15BrN4O. The normalized spacial score (nSPS) is 10.7. The number of hydrogen-bond acceptors (Lipinski definition) is 3. The van der Waals surface area contributed by atoms with Crippen LogP contribution in [-0.4, -0.2) is 20.4 Å². The molecule has 0 fully saturated rings. The highest BCUT2D eigenvalue weighted by Crippen LogP contribution is 2.19. The number of imidazole rings is 1. The van der Waals surface area contributed by atoms with E-state index in [2.05, 4.69) is 37.8 Å². The fourth-order valence-electron chi connectivity index (χ4n) is 2.37. The maximum atomic E-state index is 12.2. The van der Waals surface area contributed by atoms with Crippen LogP contribution >= 0.6 is 15.9 Å². The van der Waals surface area contributed by atoms with Crippen molar-refractivity contribution in [2.45, 2.75) is 13.1 Å². The molecular weight excluding hydrogens is 356 g/mol. The number of hydrogen-bond donors (Lipinski definition) is 1. The van der Waals surface area contributed by atoms with Gasteiger partial charge in [0, 0.05) is 22.4 Å². The fourth-order valence-corrected chi connectivity index (χ4v) is 2.62. The van der Waals surface area contributed by atoms with Gasteiger partial charge in [0.1, 0.15) is 5.82 Å². The van der Waals surface area contributed by atoms with Crippen LogP contribution in [0.15, 0.2) is 59.9 Å². The second-order valence-electron chi connectivity index (χ2n) is 5.04. The number of para-hydroxylation sites is 2. The van der Waals surface area contributed by atoms with E-state index < -0.39 is 0 Å². The van der Waals surface area contributed by atoms with E-state index in [1.807, 2.05) is 28.8 Å². The molecule has 6 heteroatoms. The Kier molecular flexibility index (Phi) is 4.52. The van der Waals surface area contributed by atoms with Gasteiger partial charge in [-0.15, -0.1) is 0 Å². The fraction of sp³-hybridized carbons (Fsp3) is 0.118. The second kappa shape index (κ2) is 6.75. The molecule has 0 radical (unpaired) electrons. The Morgan fingerprint density at radius 3 is 2.70 bits per heavy atom. The van der Waals surface area contributed by atoms with Crippen molar-refractivity contribution in [2.24, 2.45) is 0 Å². The molecule has 0 atom stereocenters. The number of rotatable bonds is 5. The predicted octanol–water partition coefficient (Wildman–Crippen LogP) is 3.27. The smallest absolute Gasteiger partial charge is 0.251 e. The third kappa shape index (κ3) is 3.48. The van der Waals surface area contributed by atoms with Crippen LogP contribution in [-0.2, 0) is 13.1 Å². The molecule has 0 saturated heterocycles. The van der Waals surface area contributed by atoms with E-state index in [9.17, 15) is 4.79 Å². The third-order valence-corrected chi connectivity index (χ3v) is 3.66. The number of nitrogens with zero attached hydrogens (tertiary/aromatic N) is 3. The summed E-state index contributed by atoms with van der Waals surface area (Å²) in [7, 11) is 0. The SMILES string of the molecule is C=C(Br)Cn1c(CNC(=O)c2ccncc2)nc2ccccc21. The lowest BCUT2D eigenvalue weighted by molar-refractivity contribution is 0.0949. The molecule has 2 aromatic heterocycles. The van der Waals surface area contributed by atoms with Crippen LogP contribution < -0.4 is 5.32 Å². The van der Waals surface area contributed by atoms with Crippen molar-refractivity contribution < 1.29 is 4.79 Å². The van der Waals surface area contributed by atoms with Gasteiger partial charge in [0.2, 0.25) is 0 Å². The molecule has 3 rings (SSSR count). The van der Waals surface area contributed by atoms with E-state index in [-0.39, 0.29) is 5.91 Å². The van der Waals surface area contributed by atoms with Gasteiger partial charge in [0.15, 0.2) is 0 Å². The van der Waals surface area contributed by atoms with Gasteiger partial charge in [-0.1, -0.05) is 34.6 Å². The molecule has 0 spiro atoms. The number of nitrogens with one attached hydrogen (secondary N) is 1. The molecule has 1 N–H and O–H groups in total. The Labute approximate surface area is 142 Å². The Bertz CT molecular complexity index is 857. The largest absolute Gasteiger partial charge is 0.345 e. The van der Waals surface area contributed by atoms with Gasteiger partial charge < -0.3 is 9.88 Å².